The summed E-state index contributed by atoms with van der Waals surface area (Å²) in [7, 11) is 0. The number of rotatable bonds is 6. The predicted molar refractivity (Wildman–Crippen MR) is 66.7 cm³/mol. The van der Waals surface area contributed by atoms with Gasteiger partial charge in [0.15, 0.2) is 0 Å². The third-order valence-electron chi connectivity index (χ3n) is 3.22. The van der Waals surface area contributed by atoms with E-state index in [-0.39, 0.29) is 0 Å². The molecular weight excluding hydrogens is 198 g/mol. The molecule has 1 aromatic carbocycles. The topological polar surface area (TPSA) is 21.3 Å². The molecule has 1 fully saturated rings. The van der Waals surface area contributed by atoms with Gasteiger partial charge in [-0.3, -0.25) is 0 Å². The molecule has 1 saturated carbocycles. The molecule has 1 aromatic rings. The first-order valence-corrected chi connectivity index (χ1v) is 6.14. The highest BCUT2D eigenvalue weighted by atomic mass is 16.5. The molecule has 2 heteroatoms. The van der Waals surface area contributed by atoms with Crippen molar-refractivity contribution in [1.29, 1.82) is 0 Å². The molecule has 0 heterocycles. The lowest BCUT2D eigenvalue weighted by Gasteiger charge is -2.10. The van der Waals surface area contributed by atoms with E-state index in [1.165, 1.54) is 18.4 Å². The fourth-order valence-electron chi connectivity index (χ4n) is 1.77. The van der Waals surface area contributed by atoms with Crippen molar-refractivity contribution in [2.75, 3.05) is 13.2 Å². The zero-order valence-electron chi connectivity index (χ0n) is 10.3. The molecule has 1 aliphatic carbocycles. The van der Waals surface area contributed by atoms with Crippen molar-refractivity contribution in [3.63, 3.8) is 0 Å². The van der Waals surface area contributed by atoms with Crippen LogP contribution in [0.5, 0.6) is 5.75 Å². The monoisotopic (exact) mass is 219 g/mol. The molecular formula is C14H21NO. The molecule has 88 valence electrons. The standard InChI is InChI=1S/C14H21NO/c1-3-16-13-6-4-12(5-7-13)10-15-11-14(2)8-9-14/h4-7,15H,3,8-11H2,1-2H3. The van der Waals surface area contributed by atoms with Gasteiger partial charge in [0.1, 0.15) is 5.75 Å². The highest BCUT2D eigenvalue weighted by molar-refractivity contribution is 5.27. The summed E-state index contributed by atoms with van der Waals surface area (Å²) in [5, 5.41) is 3.51. The van der Waals surface area contributed by atoms with Gasteiger partial charge in [0.25, 0.3) is 0 Å². The fourth-order valence-corrected chi connectivity index (χ4v) is 1.77. The van der Waals surface area contributed by atoms with E-state index in [0.717, 1.165) is 25.4 Å². The van der Waals surface area contributed by atoms with E-state index in [0.29, 0.717) is 5.41 Å². The maximum absolute atomic E-state index is 5.41. The van der Waals surface area contributed by atoms with Crippen LogP contribution in [-0.4, -0.2) is 13.2 Å². The Bertz CT molecular complexity index is 327. The van der Waals surface area contributed by atoms with Crippen LogP contribution in [0.3, 0.4) is 0 Å². The summed E-state index contributed by atoms with van der Waals surface area (Å²) in [6.45, 7) is 7.18. The Balaban J connectivity index is 1.76. The van der Waals surface area contributed by atoms with Crippen molar-refractivity contribution in [2.45, 2.75) is 33.2 Å². The van der Waals surface area contributed by atoms with Crippen molar-refractivity contribution < 1.29 is 4.74 Å². The van der Waals surface area contributed by atoms with E-state index in [4.69, 9.17) is 4.74 Å². The second kappa shape index (κ2) is 4.88. The number of hydrogen-bond donors (Lipinski definition) is 1. The van der Waals surface area contributed by atoms with Crippen molar-refractivity contribution >= 4 is 0 Å². The smallest absolute Gasteiger partial charge is 0.119 e. The number of nitrogens with one attached hydrogen (secondary N) is 1. The summed E-state index contributed by atoms with van der Waals surface area (Å²) in [5.74, 6) is 0.959. The van der Waals surface area contributed by atoms with Gasteiger partial charge < -0.3 is 10.1 Å². The first-order valence-electron chi connectivity index (χ1n) is 6.14. The minimum Gasteiger partial charge on any atom is -0.494 e. The van der Waals surface area contributed by atoms with Crippen molar-refractivity contribution in [2.24, 2.45) is 5.41 Å². The van der Waals surface area contributed by atoms with Crippen LogP contribution in [0.4, 0.5) is 0 Å². The quantitative estimate of drug-likeness (QED) is 0.794. The molecule has 0 radical (unpaired) electrons. The third kappa shape index (κ3) is 3.24. The molecule has 0 saturated heterocycles. The van der Waals surface area contributed by atoms with Gasteiger partial charge in [-0.05, 0) is 42.9 Å². The highest BCUT2D eigenvalue weighted by Crippen LogP contribution is 2.44. The number of ether oxygens (including phenoxy) is 1. The number of benzene rings is 1. The summed E-state index contributed by atoms with van der Waals surface area (Å²) in [6, 6.07) is 8.35. The Hall–Kier alpha value is -1.02. The highest BCUT2D eigenvalue weighted by Gasteiger charge is 2.36. The Labute approximate surface area is 98.0 Å². The van der Waals surface area contributed by atoms with E-state index in [2.05, 4.69) is 24.4 Å². The summed E-state index contributed by atoms with van der Waals surface area (Å²) >= 11 is 0. The second-order valence-electron chi connectivity index (χ2n) is 4.99. The Morgan fingerprint density at radius 1 is 1.25 bits per heavy atom. The summed E-state index contributed by atoms with van der Waals surface area (Å²) in [5.41, 5.74) is 1.92. The van der Waals surface area contributed by atoms with Crippen LogP contribution >= 0.6 is 0 Å². The van der Waals surface area contributed by atoms with E-state index in [1.807, 2.05) is 19.1 Å². The SMILES string of the molecule is CCOc1ccc(CNCC2(C)CC2)cc1. The van der Waals surface area contributed by atoms with Gasteiger partial charge in [0.05, 0.1) is 6.61 Å². The van der Waals surface area contributed by atoms with Crippen molar-refractivity contribution in [3.8, 4) is 5.75 Å². The third-order valence-corrected chi connectivity index (χ3v) is 3.22. The van der Waals surface area contributed by atoms with Crippen LogP contribution in [0.15, 0.2) is 24.3 Å². The van der Waals surface area contributed by atoms with E-state index in [1.54, 1.807) is 0 Å². The van der Waals surface area contributed by atoms with Gasteiger partial charge in [-0.15, -0.1) is 0 Å². The van der Waals surface area contributed by atoms with Gasteiger partial charge in [-0.1, -0.05) is 19.1 Å². The minimum absolute atomic E-state index is 0.589. The molecule has 1 N–H and O–H groups in total. The summed E-state index contributed by atoms with van der Waals surface area (Å²) < 4.78 is 5.41. The van der Waals surface area contributed by atoms with Crippen LogP contribution in [0.2, 0.25) is 0 Å². The van der Waals surface area contributed by atoms with Gasteiger partial charge in [-0.2, -0.15) is 0 Å². The largest absolute Gasteiger partial charge is 0.494 e. The molecule has 1 aliphatic rings. The van der Waals surface area contributed by atoms with Crippen LogP contribution in [0, 0.1) is 5.41 Å². The van der Waals surface area contributed by atoms with Crippen molar-refractivity contribution in [1.82, 2.24) is 5.32 Å². The molecule has 2 rings (SSSR count). The molecule has 0 aliphatic heterocycles. The Morgan fingerprint density at radius 3 is 2.50 bits per heavy atom. The Morgan fingerprint density at radius 2 is 1.94 bits per heavy atom. The Kier molecular flexibility index (Phi) is 3.49. The zero-order valence-corrected chi connectivity index (χ0v) is 10.3. The molecule has 16 heavy (non-hydrogen) atoms. The van der Waals surface area contributed by atoms with Crippen LogP contribution in [0.25, 0.3) is 0 Å². The first-order chi connectivity index (χ1) is 7.72. The van der Waals surface area contributed by atoms with Crippen LogP contribution < -0.4 is 10.1 Å². The van der Waals surface area contributed by atoms with Crippen LogP contribution in [0.1, 0.15) is 32.3 Å². The predicted octanol–water partition coefficient (Wildman–Crippen LogP) is 2.98. The lowest BCUT2D eigenvalue weighted by molar-refractivity contribution is 0.340. The molecule has 0 amide bonds. The van der Waals surface area contributed by atoms with Crippen molar-refractivity contribution in [3.05, 3.63) is 29.8 Å². The van der Waals surface area contributed by atoms with Gasteiger partial charge in [0, 0.05) is 13.1 Å². The normalized spacial score (nSPS) is 17.1. The number of hydrogen-bond acceptors (Lipinski definition) is 2. The van der Waals surface area contributed by atoms with E-state index >= 15 is 0 Å². The molecule has 0 aromatic heterocycles. The van der Waals surface area contributed by atoms with E-state index in [9.17, 15) is 0 Å². The maximum Gasteiger partial charge on any atom is 0.119 e. The summed E-state index contributed by atoms with van der Waals surface area (Å²) in [6.07, 6.45) is 2.76. The van der Waals surface area contributed by atoms with Gasteiger partial charge >= 0.3 is 0 Å². The fraction of sp³-hybridized carbons (Fsp3) is 0.571. The molecule has 2 nitrogen and oxygen atoms in total. The average Bonchev–Trinajstić information content (AvgIpc) is 3.00. The maximum atomic E-state index is 5.41. The zero-order chi connectivity index (χ0) is 11.4. The minimum atomic E-state index is 0.589. The first kappa shape index (κ1) is 11.5. The molecule has 0 unspecified atom stereocenters. The molecule has 0 spiro atoms. The lowest BCUT2D eigenvalue weighted by atomic mass is 10.1. The van der Waals surface area contributed by atoms with Gasteiger partial charge in [0.2, 0.25) is 0 Å². The van der Waals surface area contributed by atoms with Gasteiger partial charge in [-0.25, -0.2) is 0 Å². The lowest BCUT2D eigenvalue weighted by Crippen LogP contribution is -2.21. The average molecular weight is 219 g/mol. The van der Waals surface area contributed by atoms with E-state index < -0.39 is 0 Å². The molecule has 0 atom stereocenters. The second-order valence-corrected chi connectivity index (χ2v) is 4.99. The molecule has 0 bridgehead atoms. The summed E-state index contributed by atoms with van der Waals surface area (Å²) in [4.78, 5) is 0. The van der Waals surface area contributed by atoms with Crippen LogP contribution in [-0.2, 0) is 6.54 Å².